The molecule has 0 rings (SSSR count). The highest BCUT2D eigenvalue weighted by Crippen LogP contribution is 2.43. The fourth-order valence-electron chi connectivity index (χ4n) is 5.88. The highest BCUT2D eigenvalue weighted by atomic mass is 31.2. The Morgan fingerprint density at radius 3 is 1.52 bits per heavy atom. The lowest BCUT2D eigenvalue weighted by Crippen LogP contribution is -2.45. The largest absolute Gasteiger partial charge is 0.472 e. The van der Waals surface area contributed by atoms with Gasteiger partial charge < -0.3 is 19.8 Å². The number of hydrogen-bond acceptors (Lipinski definition) is 5. The summed E-state index contributed by atoms with van der Waals surface area (Å²) in [5, 5.41) is 13.7. The van der Waals surface area contributed by atoms with E-state index >= 15 is 0 Å². The molecule has 0 spiro atoms. The molecule has 0 bridgehead atoms. The zero-order valence-corrected chi connectivity index (χ0v) is 35.4. The van der Waals surface area contributed by atoms with Gasteiger partial charge in [0.2, 0.25) is 5.91 Å². The number of carbonyl (C=O) groups is 1. The van der Waals surface area contributed by atoms with E-state index in [0.717, 1.165) is 51.4 Å². The number of nitrogens with one attached hydrogen (secondary N) is 1. The van der Waals surface area contributed by atoms with Crippen molar-refractivity contribution >= 4 is 13.7 Å². The van der Waals surface area contributed by atoms with Gasteiger partial charge in [-0.25, -0.2) is 4.57 Å². The van der Waals surface area contributed by atoms with Gasteiger partial charge in [-0.3, -0.25) is 13.8 Å². The van der Waals surface area contributed by atoms with Gasteiger partial charge in [-0.1, -0.05) is 172 Å². The average Bonchev–Trinajstić information content (AvgIpc) is 3.09. The van der Waals surface area contributed by atoms with E-state index in [4.69, 9.17) is 9.05 Å². The van der Waals surface area contributed by atoms with Crippen molar-refractivity contribution in [2.75, 3.05) is 40.9 Å². The second kappa shape index (κ2) is 35.4. The molecule has 0 aromatic heterocycles. The van der Waals surface area contributed by atoms with Crippen molar-refractivity contribution in [1.29, 1.82) is 0 Å². The van der Waals surface area contributed by atoms with Crippen molar-refractivity contribution in [3.05, 3.63) is 36.5 Å². The standard InChI is InChI=1S/C43H83N2O6P/c1-6-8-10-12-14-16-18-20-21-22-23-24-25-27-29-31-33-35-37-43(47)44-41(40-51-52(48,49)50-39-38-45(3,4)5)42(46)36-34-32-30-28-26-19-17-15-13-11-9-7-2/h13,15,26,28,34,36,41-42,46H,6-12,14,16-25,27,29-33,35,37-40H2,1-5H3,(H-,44,47,48,49)/p+1/b15-13+,28-26+,36-34+. The lowest BCUT2D eigenvalue weighted by atomic mass is 10.0. The Hall–Kier alpha value is -1.28. The molecule has 0 aliphatic carbocycles. The molecule has 3 N–H and O–H groups in total. The number of amides is 1. The summed E-state index contributed by atoms with van der Waals surface area (Å²) in [5.74, 6) is -0.192. The Morgan fingerprint density at radius 1 is 0.635 bits per heavy atom. The van der Waals surface area contributed by atoms with Crippen LogP contribution in [-0.2, 0) is 18.4 Å². The molecule has 0 aromatic carbocycles. The minimum Gasteiger partial charge on any atom is -0.387 e. The number of likely N-dealkylation sites (N-methyl/N-ethyl adjacent to an activating group) is 1. The number of phosphoric ester groups is 1. The maximum Gasteiger partial charge on any atom is 0.472 e. The third-order valence-corrected chi connectivity index (χ3v) is 10.3. The van der Waals surface area contributed by atoms with Gasteiger partial charge in [-0.2, -0.15) is 0 Å². The highest BCUT2D eigenvalue weighted by molar-refractivity contribution is 7.47. The Balaban J connectivity index is 4.43. The summed E-state index contributed by atoms with van der Waals surface area (Å²) in [5.41, 5.74) is 0. The molecule has 1 amide bonds. The van der Waals surface area contributed by atoms with Crippen LogP contribution in [0.2, 0.25) is 0 Å². The van der Waals surface area contributed by atoms with Gasteiger partial charge in [0.15, 0.2) is 0 Å². The minimum absolute atomic E-state index is 0.0543. The first-order valence-electron chi connectivity index (χ1n) is 21.4. The summed E-state index contributed by atoms with van der Waals surface area (Å²) < 4.78 is 23.5. The van der Waals surface area contributed by atoms with E-state index in [1.165, 1.54) is 109 Å². The molecule has 0 saturated carbocycles. The van der Waals surface area contributed by atoms with Gasteiger partial charge in [-0.05, 0) is 38.5 Å². The highest BCUT2D eigenvalue weighted by Gasteiger charge is 2.27. The van der Waals surface area contributed by atoms with Crippen LogP contribution in [0.25, 0.3) is 0 Å². The van der Waals surface area contributed by atoms with E-state index in [0.29, 0.717) is 17.4 Å². The Bertz CT molecular complexity index is 948. The molecule has 0 radical (unpaired) electrons. The van der Waals surface area contributed by atoms with Crippen LogP contribution in [0.4, 0.5) is 0 Å². The number of rotatable bonds is 38. The lowest BCUT2D eigenvalue weighted by molar-refractivity contribution is -0.870. The summed E-state index contributed by atoms with van der Waals surface area (Å²) >= 11 is 0. The zero-order chi connectivity index (χ0) is 38.6. The SMILES string of the molecule is CCCC/C=C/CC/C=C/CC/C=C/C(O)C(COP(=O)(O)OCC[N+](C)(C)C)NC(=O)CCCCCCCCCCCCCCCCCCCC. The average molecular weight is 756 g/mol. The van der Waals surface area contributed by atoms with Gasteiger partial charge in [0.05, 0.1) is 39.9 Å². The zero-order valence-electron chi connectivity index (χ0n) is 34.5. The van der Waals surface area contributed by atoms with E-state index in [1.54, 1.807) is 6.08 Å². The van der Waals surface area contributed by atoms with E-state index in [1.807, 2.05) is 27.2 Å². The molecular formula is C43H84N2O6P+. The van der Waals surface area contributed by atoms with Crippen LogP contribution in [0.15, 0.2) is 36.5 Å². The van der Waals surface area contributed by atoms with Crippen molar-refractivity contribution in [3.8, 4) is 0 Å². The van der Waals surface area contributed by atoms with Crippen molar-refractivity contribution in [2.24, 2.45) is 0 Å². The van der Waals surface area contributed by atoms with Gasteiger partial charge in [0, 0.05) is 6.42 Å². The van der Waals surface area contributed by atoms with Gasteiger partial charge >= 0.3 is 7.82 Å². The molecule has 0 fully saturated rings. The minimum atomic E-state index is -4.34. The molecule has 9 heteroatoms. The van der Waals surface area contributed by atoms with Crippen LogP contribution in [0.5, 0.6) is 0 Å². The normalized spacial score (nSPS) is 14.8. The quantitative estimate of drug-likeness (QED) is 0.0251. The second-order valence-corrected chi connectivity index (χ2v) is 17.2. The summed E-state index contributed by atoms with van der Waals surface area (Å²) in [7, 11) is 1.55. The molecule has 0 saturated heterocycles. The van der Waals surface area contributed by atoms with Crippen LogP contribution < -0.4 is 5.32 Å². The van der Waals surface area contributed by atoms with E-state index < -0.39 is 20.0 Å². The molecule has 8 nitrogen and oxygen atoms in total. The predicted octanol–water partition coefficient (Wildman–Crippen LogP) is 11.5. The number of quaternary nitrogens is 1. The first-order valence-corrected chi connectivity index (χ1v) is 22.9. The van der Waals surface area contributed by atoms with Crippen molar-refractivity contribution in [1.82, 2.24) is 5.32 Å². The van der Waals surface area contributed by atoms with E-state index in [2.05, 4.69) is 43.5 Å². The smallest absolute Gasteiger partial charge is 0.387 e. The van der Waals surface area contributed by atoms with Crippen LogP contribution in [-0.4, -0.2) is 73.4 Å². The number of phosphoric acid groups is 1. The van der Waals surface area contributed by atoms with E-state index in [9.17, 15) is 19.4 Å². The monoisotopic (exact) mass is 756 g/mol. The van der Waals surface area contributed by atoms with E-state index in [-0.39, 0.29) is 19.1 Å². The van der Waals surface area contributed by atoms with Crippen LogP contribution in [0.1, 0.15) is 181 Å². The molecule has 3 atom stereocenters. The number of unbranched alkanes of at least 4 members (excludes halogenated alkanes) is 21. The van der Waals surface area contributed by atoms with Crippen molar-refractivity contribution < 1.29 is 32.9 Å². The summed E-state index contributed by atoms with van der Waals surface area (Å²) in [6, 6.07) is -0.864. The van der Waals surface area contributed by atoms with Crippen molar-refractivity contribution in [2.45, 2.75) is 193 Å². The topological polar surface area (TPSA) is 105 Å². The maximum absolute atomic E-state index is 12.8. The maximum atomic E-state index is 12.8. The van der Waals surface area contributed by atoms with Crippen LogP contribution >= 0.6 is 7.82 Å². The number of carbonyl (C=O) groups excluding carboxylic acids is 1. The fourth-order valence-corrected chi connectivity index (χ4v) is 6.62. The third-order valence-electron chi connectivity index (χ3n) is 9.34. The Labute approximate surface area is 321 Å². The molecule has 52 heavy (non-hydrogen) atoms. The molecule has 0 aliphatic heterocycles. The molecule has 0 aromatic rings. The van der Waals surface area contributed by atoms with Crippen LogP contribution in [0, 0.1) is 0 Å². The number of allylic oxidation sites excluding steroid dienone is 5. The Kier molecular flexibility index (Phi) is 34.6. The molecule has 3 unspecified atom stereocenters. The number of aliphatic hydroxyl groups excluding tert-OH is 1. The molecular weight excluding hydrogens is 671 g/mol. The fraction of sp³-hybridized carbons (Fsp3) is 0.837. The van der Waals surface area contributed by atoms with Gasteiger partial charge in [0.25, 0.3) is 0 Å². The van der Waals surface area contributed by atoms with Crippen LogP contribution in [0.3, 0.4) is 0 Å². The number of nitrogens with zero attached hydrogens (tertiary/aromatic N) is 1. The third kappa shape index (κ3) is 37.1. The van der Waals surface area contributed by atoms with Crippen molar-refractivity contribution in [3.63, 3.8) is 0 Å². The predicted molar refractivity (Wildman–Crippen MR) is 221 cm³/mol. The second-order valence-electron chi connectivity index (χ2n) is 15.7. The first kappa shape index (κ1) is 50.7. The summed E-state index contributed by atoms with van der Waals surface area (Å²) in [4.78, 5) is 23.0. The molecule has 0 aliphatic rings. The lowest BCUT2D eigenvalue weighted by Gasteiger charge is -2.25. The first-order chi connectivity index (χ1) is 25.0. The Morgan fingerprint density at radius 2 is 1.06 bits per heavy atom. The van der Waals surface area contributed by atoms with Gasteiger partial charge in [0.1, 0.15) is 13.2 Å². The molecule has 306 valence electrons. The summed E-state index contributed by atoms with van der Waals surface area (Å²) in [6.45, 7) is 4.73. The van der Waals surface area contributed by atoms with Gasteiger partial charge in [-0.15, -0.1) is 0 Å². The number of hydrogen-bond donors (Lipinski definition) is 3. The summed E-state index contributed by atoms with van der Waals surface area (Å²) in [6.07, 6.45) is 42.2. The molecule has 0 heterocycles. The number of aliphatic hydroxyl groups is 1.